The van der Waals surface area contributed by atoms with Gasteiger partial charge in [0, 0.05) is 17.8 Å². The van der Waals surface area contributed by atoms with E-state index < -0.39 is 34.9 Å². The summed E-state index contributed by atoms with van der Waals surface area (Å²) in [5.41, 5.74) is 5.10. The first kappa shape index (κ1) is 12.2. The number of anilines is 3. The monoisotopic (exact) mass is 257 g/mol. The smallest absolute Gasteiger partial charge is 0.169 e. The number of hydrogen-bond acceptors (Lipinski definition) is 3. The van der Waals surface area contributed by atoms with Crippen molar-refractivity contribution in [2.75, 3.05) is 11.1 Å². The first-order valence-corrected chi connectivity index (χ1v) is 4.80. The van der Waals surface area contributed by atoms with Crippen LogP contribution in [0.3, 0.4) is 0 Å². The molecule has 0 amide bonds. The van der Waals surface area contributed by atoms with Crippen LogP contribution in [0.2, 0.25) is 0 Å². The molecular formula is C11H7F4N3. The Morgan fingerprint density at radius 2 is 1.50 bits per heavy atom. The number of halogens is 4. The van der Waals surface area contributed by atoms with Gasteiger partial charge in [-0.1, -0.05) is 0 Å². The molecule has 1 aromatic carbocycles. The van der Waals surface area contributed by atoms with Crippen LogP contribution in [0, 0.1) is 23.3 Å². The summed E-state index contributed by atoms with van der Waals surface area (Å²) in [6.07, 6.45) is 0. The lowest BCUT2D eigenvalue weighted by atomic mass is 10.3. The molecule has 0 unspecified atom stereocenters. The van der Waals surface area contributed by atoms with Crippen molar-refractivity contribution in [1.82, 2.24) is 4.98 Å². The molecule has 0 aliphatic carbocycles. The van der Waals surface area contributed by atoms with Gasteiger partial charge in [-0.15, -0.1) is 0 Å². The fourth-order valence-corrected chi connectivity index (χ4v) is 1.33. The number of rotatable bonds is 2. The quantitative estimate of drug-likeness (QED) is 0.813. The lowest BCUT2D eigenvalue weighted by Gasteiger charge is -2.08. The van der Waals surface area contributed by atoms with E-state index in [1.54, 1.807) is 0 Å². The minimum absolute atomic E-state index is 0.0649. The van der Waals surface area contributed by atoms with E-state index in [2.05, 4.69) is 10.3 Å². The maximum atomic E-state index is 13.3. The van der Waals surface area contributed by atoms with Crippen LogP contribution >= 0.6 is 0 Å². The Bertz CT molecular complexity index is 581. The number of hydrogen-bond donors (Lipinski definition) is 2. The van der Waals surface area contributed by atoms with Gasteiger partial charge in [-0.05, 0) is 12.1 Å². The van der Waals surface area contributed by atoms with E-state index in [1.807, 2.05) is 0 Å². The van der Waals surface area contributed by atoms with E-state index in [4.69, 9.17) is 5.73 Å². The van der Waals surface area contributed by atoms with Gasteiger partial charge in [-0.3, -0.25) is 0 Å². The molecular weight excluding hydrogens is 250 g/mol. The molecule has 0 spiro atoms. The molecule has 1 aromatic heterocycles. The molecule has 94 valence electrons. The number of nitrogens with two attached hydrogens (primary N) is 1. The fraction of sp³-hybridized carbons (Fsp3) is 0. The largest absolute Gasteiger partial charge is 0.381 e. The molecule has 3 nitrogen and oxygen atoms in total. The molecule has 0 atom stereocenters. The van der Waals surface area contributed by atoms with Crippen molar-refractivity contribution in [1.29, 1.82) is 0 Å². The Labute approximate surface area is 99.3 Å². The minimum Gasteiger partial charge on any atom is -0.381 e. The Morgan fingerprint density at radius 3 is 2.11 bits per heavy atom. The molecule has 3 N–H and O–H groups in total. The van der Waals surface area contributed by atoms with E-state index in [1.165, 1.54) is 0 Å². The summed E-state index contributed by atoms with van der Waals surface area (Å²) in [5, 5.41) is 2.31. The highest BCUT2D eigenvalue weighted by atomic mass is 19.1. The molecule has 18 heavy (non-hydrogen) atoms. The van der Waals surface area contributed by atoms with Crippen molar-refractivity contribution in [3.8, 4) is 0 Å². The molecule has 1 heterocycles. The third-order valence-corrected chi connectivity index (χ3v) is 2.08. The molecule has 2 rings (SSSR count). The first-order valence-electron chi connectivity index (χ1n) is 4.80. The number of aromatic nitrogens is 1. The average molecular weight is 257 g/mol. The Morgan fingerprint density at radius 1 is 0.889 bits per heavy atom. The SMILES string of the molecule is Nc1nc(Nc2cc(F)cc(F)c2)c(F)cc1F. The molecule has 0 radical (unpaired) electrons. The van der Waals surface area contributed by atoms with Gasteiger partial charge in [0.05, 0.1) is 0 Å². The summed E-state index contributed by atoms with van der Waals surface area (Å²) >= 11 is 0. The van der Waals surface area contributed by atoms with Gasteiger partial charge in [0.15, 0.2) is 23.3 Å². The zero-order chi connectivity index (χ0) is 13.3. The van der Waals surface area contributed by atoms with Gasteiger partial charge in [0.2, 0.25) is 0 Å². The summed E-state index contributed by atoms with van der Waals surface area (Å²) in [7, 11) is 0. The van der Waals surface area contributed by atoms with Crippen molar-refractivity contribution in [2.45, 2.75) is 0 Å². The van der Waals surface area contributed by atoms with Gasteiger partial charge >= 0.3 is 0 Å². The number of benzene rings is 1. The highest BCUT2D eigenvalue weighted by Gasteiger charge is 2.10. The van der Waals surface area contributed by atoms with Gasteiger partial charge in [0.25, 0.3) is 0 Å². The molecule has 7 heteroatoms. The summed E-state index contributed by atoms with van der Waals surface area (Å²) < 4.78 is 52.0. The Balaban J connectivity index is 2.36. The lowest BCUT2D eigenvalue weighted by Crippen LogP contribution is -2.03. The molecule has 0 saturated heterocycles. The maximum Gasteiger partial charge on any atom is 0.169 e. The van der Waals surface area contributed by atoms with E-state index in [9.17, 15) is 17.6 Å². The van der Waals surface area contributed by atoms with Crippen molar-refractivity contribution < 1.29 is 17.6 Å². The molecule has 0 aliphatic heterocycles. The maximum absolute atomic E-state index is 13.3. The molecule has 2 aromatic rings. The van der Waals surface area contributed by atoms with Crippen LogP contribution < -0.4 is 11.1 Å². The second-order valence-corrected chi connectivity index (χ2v) is 3.47. The lowest BCUT2D eigenvalue weighted by molar-refractivity contribution is 0.578. The second kappa shape index (κ2) is 4.52. The van der Waals surface area contributed by atoms with Crippen molar-refractivity contribution >= 4 is 17.3 Å². The van der Waals surface area contributed by atoms with Crippen LogP contribution in [0.5, 0.6) is 0 Å². The Hall–Kier alpha value is -2.31. The van der Waals surface area contributed by atoms with Crippen LogP contribution in [-0.2, 0) is 0 Å². The number of nitrogens with zero attached hydrogens (tertiary/aromatic N) is 1. The van der Waals surface area contributed by atoms with Crippen molar-refractivity contribution in [3.63, 3.8) is 0 Å². The van der Waals surface area contributed by atoms with Crippen LogP contribution in [0.1, 0.15) is 0 Å². The predicted molar refractivity (Wildman–Crippen MR) is 58.2 cm³/mol. The van der Waals surface area contributed by atoms with E-state index in [0.717, 1.165) is 12.1 Å². The van der Waals surface area contributed by atoms with Gasteiger partial charge in [-0.2, -0.15) is 0 Å². The molecule has 0 fully saturated rings. The van der Waals surface area contributed by atoms with Crippen LogP contribution in [0.25, 0.3) is 0 Å². The summed E-state index contributed by atoms with van der Waals surface area (Å²) in [6.45, 7) is 0. The third kappa shape index (κ3) is 2.50. The topological polar surface area (TPSA) is 50.9 Å². The summed E-state index contributed by atoms with van der Waals surface area (Å²) in [5.74, 6) is -4.65. The molecule has 0 saturated carbocycles. The number of pyridine rings is 1. The average Bonchev–Trinajstić information content (AvgIpc) is 2.24. The Kier molecular flexibility index (Phi) is 3.05. The zero-order valence-corrected chi connectivity index (χ0v) is 8.85. The van der Waals surface area contributed by atoms with Crippen LogP contribution in [0.15, 0.2) is 24.3 Å². The standard InChI is InChI=1S/C11H7F4N3/c12-5-1-6(13)3-7(2-5)17-11-9(15)4-8(14)10(16)18-11/h1-4H,(H3,16,17,18). The minimum atomic E-state index is -1.02. The molecule has 0 aliphatic rings. The summed E-state index contributed by atoms with van der Waals surface area (Å²) in [6, 6.07) is 3.06. The first-order chi connectivity index (χ1) is 8.45. The second-order valence-electron chi connectivity index (χ2n) is 3.47. The van der Waals surface area contributed by atoms with Gasteiger partial charge in [-0.25, -0.2) is 22.5 Å². The van der Waals surface area contributed by atoms with Crippen LogP contribution in [0.4, 0.5) is 34.9 Å². The highest BCUT2D eigenvalue weighted by molar-refractivity contribution is 5.58. The zero-order valence-electron chi connectivity index (χ0n) is 8.85. The van der Waals surface area contributed by atoms with Crippen molar-refractivity contribution in [2.24, 2.45) is 0 Å². The van der Waals surface area contributed by atoms with Crippen molar-refractivity contribution in [3.05, 3.63) is 47.5 Å². The predicted octanol–water partition coefficient (Wildman–Crippen LogP) is 2.96. The normalized spacial score (nSPS) is 10.4. The summed E-state index contributed by atoms with van der Waals surface area (Å²) in [4.78, 5) is 3.40. The van der Waals surface area contributed by atoms with Crippen LogP contribution in [-0.4, -0.2) is 4.98 Å². The van der Waals surface area contributed by atoms with E-state index >= 15 is 0 Å². The number of nitrogens with one attached hydrogen (secondary N) is 1. The van der Waals surface area contributed by atoms with E-state index in [-0.39, 0.29) is 5.69 Å². The van der Waals surface area contributed by atoms with E-state index in [0.29, 0.717) is 12.1 Å². The highest BCUT2D eigenvalue weighted by Crippen LogP contribution is 2.22. The third-order valence-electron chi connectivity index (χ3n) is 2.08. The fourth-order valence-electron chi connectivity index (χ4n) is 1.33. The van der Waals surface area contributed by atoms with Gasteiger partial charge in [0.1, 0.15) is 11.6 Å². The number of nitrogen functional groups attached to an aromatic ring is 1. The van der Waals surface area contributed by atoms with Gasteiger partial charge < -0.3 is 11.1 Å². The molecule has 0 bridgehead atoms.